The van der Waals surface area contributed by atoms with Crippen LogP contribution in [0.15, 0.2) is 12.1 Å². The Labute approximate surface area is 91.9 Å². The van der Waals surface area contributed by atoms with Crippen LogP contribution in [0.25, 0.3) is 0 Å². The lowest BCUT2D eigenvalue weighted by molar-refractivity contribution is -0.147. The number of hydrogen-bond acceptors (Lipinski definition) is 2. The average Bonchev–Trinajstić information content (AvgIpc) is 2.10. The quantitative estimate of drug-likeness (QED) is 0.721. The minimum absolute atomic E-state index is 0.335. The van der Waals surface area contributed by atoms with E-state index in [1.54, 1.807) is 13.0 Å². The summed E-state index contributed by atoms with van der Waals surface area (Å²) in [6.45, 7) is 3.61. The number of benzene rings is 1. The van der Waals surface area contributed by atoms with Gasteiger partial charge in [0, 0.05) is 0 Å². The summed E-state index contributed by atoms with van der Waals surface area (Å²) in [6, 6.07) is 3.47. The zero-order valence-corrected chi connectivity index (χ0v) is 9.05. The summed E-state index contributed by atoms with van der Waals surface area (Å²) in [7, 11) is 0. The summed E-state index contributed by atoms with van der Waals surface area (Å²) in [5.41, 5.74) is 2.02. The van der Waals surface area contributed by atoms with Crippen LogP contribution in [-0.4, -0.2) is 17.0 Å². The van der Waals surface area contributed by atoms with E-state index in [0.29, 0.717) is 10.7 Å². The Hall–Kier alpha value is -1.55. The fourth-order valence-electron chi connectivity index (χ4n) is 1.24. The Bertz CT molecular complexity index is 406. The molecule has 0 atom stereocenters. The first-order chi connectivity index (χ1) is 6.91. The van der Waals surface area contributed by atoms with Gasteiger partial charge in [0.1, 0.15) is 0 Å². The van der Waals surface area contributed by atoms with Gasteiger partial charge in [-0.1, -0.05) is 17.7 Å². The number of aliphatic carboxylic acids is 1. The van der Waals surface area contributed by atoms with Gasteiger partial charge < -0.3 is 10.4 Å². The van der Waals surface area contributed by atoms with E-state index in [4.69, 9.17) is 16.7 Å². The molecule has 1 rings (SSSR count). The molecule has 0 saturated heterocycles. The monoisotopic (exact) mass is 227 g/mol. The number of halogens is 1. The molecule has 1 amide bonds. The van der Waals surface area contributed by atoms with Gasteiger partial charge in [-0.25, -0.2) is 4.79 Å². The third-order valence-electron chi connectivity index (χ3n) is 1.86. The number of carboxylic acids is 1. The largest absolute Gasteiger partial charge is 0.474 e. The lowest BCUT2D eigenvalue weighted by atomic mass is 10.1. The molecular formula is C10H10ClNO3. The summed E-state index contributed by atoms with van der Waals surface area (Å²) >= 11 is 5.88. The van der Waals surface area contributed by atoms with E-state index in [0.717, 1.165) is 11.1 Å². The number of amides is 1. The first kappa shape index (κ1) is 11.5. The molecule has 80 valence electrons. The van der Waals surface area contributed by atoms with Crippen molar-refractivity contribution < 1.29 is 14.7 Å². The summed E-state index contributed by atoms with van der Waals surface area (Å²) in [5.74, 6) is -2.63. The Morgan fingerprint density at radius 1 is 1.33 bits per heavy atom. The Morgan fingerprint density at radius 2 is 1.93 bits per heavy atom. The third kappa shape index (κ3) is 2.70. The van der Waals surface area contributed by atoms with Crippen molar-refractivity contribution in [2.45, 2.75) is 13.8 Å². The second-order valence-corrected chi connectivity index (χ2v) is 3.61. The van der Waals surface area contributed by atoms with Gasteiger partial charge in [-0.3, -0.25) is 4.79 Å². The molecule has 0 unspecified atom stereocenters. The number of nitrogens with one attached hydrogen (secondary N) is 1. The first-order valence-corrected chi connectivity index (χ1v) is 4.60. The smallest absolute Gasteiger partial charge is 0.394 e. The third-order valence-corrected chi connectivity index (χ3v) is 2.16. The maximum absolute atomic E-state index is 10.9. The molecule has 0 radical (unpaired) electrons. The second-order valence-electron chi connectivity index (χ2n) is 3.20. The highest BCUT2D eigenvalue weighted by molar-refractivity contribution is 6.39. The van der Waals surface area contributed by atoms with Gasteiger partial charge in [0.2, 0.25) is 0 Å². The van der Waals surface area contributed by atoms with Crippen LogP contribution in [0.3, 0.4) is 0 Å². The van der Waals surface area contributed by atoms with Crippen molar-refractivity contribution in [2.24, 2.45) is 0 Å². The predicted octanol–water partition coefficient (Wildman–Crippen LogP) is 1.98. The van der Waals surface area contributed by atoms with Crippen molar-refractivity contribution in [2.75, 3.05) is 5.32 Å². The van der Waals surface area contributed by atoms with Crippen LogP contribution >= 0.6 is 11.6 Å². The molecule has 0 aliphatic rings. The first-order valence-electron chi connectivity index (χ1n) is 4.23. The van der Waals surface area contributed by atoms with E-state index >= 15 is 0 Å². The standard InChI is InChI=1S/C10H10ClNO3/c1-5-3-6(2)8(7(11)4-5)12-9(13)10(14)15/h3-4H,1-2H3,(H,12,13)(H,14,15). The van der Waals surface area contributed by atoms with Crippen LogP contribution in [0.2, 0.25) is 5.02 Å². The summed E-state index contributed by atoms with van der Waals surface area (Å²) in [4.78, 5) is 21.3. The molecule has 1 aromatic rings. The van der Waals surface area contributed by atoms with Crippen LogP contribution in [0.4, 0.5) is 5.69 Å². The summed E-state index contributed by atoms with van der Waals surface area (Å²) < 4.78 is 0. The topological polar surface area (TPSA) is 66.4 Å². The van der Waals surface area contributed by atoms with E-state index in [1.807, 2.05) is 13.0 Å². The Kier molecular flexibility index (Phi) is 3.31. The number of anilines is 1. The lowest BCUT2D eigenvalue weighted by Crippen LogP contribution is -2.22. The van der Waals surface area contributed by atoms with Gasteiger partial charge in [-0.15, -0.1) is 0 Å². The molecule has 1 aromatic carbocycles. The van der Waals surface area contributed by atoms with Gasteiger partial charge in [0.15, 0.2) is 0 Å². The summed E-state index contributed by atoms with van der Waals surface area (Å²) in [6.07, 6.45) is 0. The van der Waals surface area contributed by atoms with Crippen LogP contribution in [0.1, 0.15) is 11.1 Å². The van der Waals surface area contributed by atoms with Crippen molar-refractivity contribution in [1.82, 2.24) is 0 Å². The van der Waals surface area contributed by atoms with Crippen molar-refractivity contribution in [3.63, 3.8) is 0 Å². The van der Waals surface area contributed by atoms with E-state index in [-0.39, 0.29) is 0 Å². The number of rotatable bonds is 1. The molecule has 0 heterocycles. The minimum Gasteiger partial charge on any atom is -0.474 e. The molecule has 0 bridgehead atoms. The van der Waals surface area contributed by atoms with Crippen molar-refractivity contribution in [1.29, 1.82) is 0 Å². The van der Waals surface area contributed by atoms with Gasteiger partial charge in [0.25, 0.3) is 0 Å². The average molecular weight is 228 g/mol. The van der Waals surface area contributed by atoms with Gasteiger partial charge in [0.05, 0.1) is 10.7 Å². The molecule has 15 heavy (non-hydrogen) atoms. The molecular weight excluding hydrogens is 218 g/mol. The van der Waals surface area contributed by atoms with Crippen molar-refractivity contribution in [3.05, 3.63) is 28.3 Å². The van der Waals surface area contributed by atoms with Gasteiger partial charge >= 0.3 is 11.9 Å². The highest BCUT2D eigenvalue weighted by Gasteiger charge is 2.14. The molecule has 5 heteroatoms. The van der Waals surface area contributed by atoms with Crippen LogP contribution in [-0.2, 0) is 9.59 Å². The van der Waals surface area contributed by atoms with Crippen molar-refractivity contribution >= 4 is 29.2 Å². The number of aryl methyl sites for hydroxylation is 2. The van der Waals surface area contributed by atoms with Crippen LogP contribution in [0, 0.1) is 13.8 Å². The number of carbonyl (C=O) groups is 2. The number of carboxylic acid groups (broad SMARTS) is 1. The lowest BCUT2D eigenvalue weighted by Gasteiger charge is -2.09. The van der Waals surface area contributed by atoms with Gasteiger partial charge in [-0.2, -0.15) is 0 Å². The molecule has 0 aromatic heterocycles. The molecule has 0 fully saturated rings. The molecule has 2 N–H and O–H groups in total. The molecule has 0 aliphatic carbocycles. The summed E-state index contributed by atoms with van der Waals surface area (Å²) in [5, 5.41) is 11.0. The SMILES string of the molecule is Cc1cc(C)c(NC(=O)C(=O)O)c(Cl)c1. The molecule has 0 aliphatic heterocycles. The zero-order chi connectivity index (χ0) is 11.6. The highest BCUT2D eigenvalue weighted by atomic mass is 35.5. The fraction of sp³-hybridized carbons (Fsp3) is 0.200. The molecule has 0 spiro atoms. The Balaban J connectivity index is 3.05. The zero-order valence-electron chi connectivity index (χ0n) is 8.30. The number of carbonyl (C=O) groups excluding carboxylic acids is 1. The van der Waals surface area contributed by atoms with Crippen LogP contribution < -0.4 is 5.32 Å². The molecule has 0 saturated carbocycles. The normalized spacial score (nSPS) is 9.80. The maximum atomic E-state index is 10.9. The second kappa shape index (κ2) is 4.31. The maximum Gasteiger partial charge on any atom is 0.394 e. The van der Waals surface area contributed by atoms with E-state index in [2.05, 4.69) is 5.32 Å². The van der Waals surface area contributed by atoms with E-state index in [9.17, 15) is 9.59 Å². The van der Waals surface area contributed by atoms with Crippen molar-refractivity contribution in [3.8, 4) is 0 Å². The van der Waals surface area contributed by atoms with E-state index < -0.39 is 11.9 Å². The fourth-order valence-corrected chi connectivity index (χ4v) is 1.61. The molecule has 4 nitrogen and oxygen atoms in total. The predicted molar refractivity (Wildman–Crippen MR) is 57.2 cm³/mol. The van der Waals surface area contributed by atoms with Crippen LogP contribution in [0.5, 0.6) is 0 Å². The highest BCUT2D eigenvalue weighted by Crippen LogP contribution is 2.27. The Morgan fingerprint density at radius 3 is 2.40 bits per heavy atom. The minimum atomic E-state index is -1.54. The van der Waals surface area contributed by atoms with E-state index in [1.165, 1.54) is 0 Å². The van der Waals surface area contributed by atoms with Gasteiger partial charge in [-0.05, 0) is 31.0 Å². The number of hydrogen-bond donors (Lipinski definition) is 2.